The van der Waals surface area contributed by atoms with Crippen LogP contribution in [-0.4, -0.2) is 25.6 Å². The van der Waals surface area contributed by atoms with Crippen LogP contribution in [-0.2, 0) is 11.3 Å². The fraction of sp³-hybridized carbons (Fsp3) is 0.571. The van der Waals surface area contributed by atoms with Gasteiger partial charge in [0.15, 0.2) is 0 Å². The lowest BCUT2D eigenvalue weighted by atomic mass is 10.2. The van der Waals surface area contributed by atoms with Crippen LogP contribution in [0.1, 0.15) is 25.8 Å². The van der Waals surface area contributed by atoms with E-state index in [0.717, 1.165) is 18.5 Å². The summed E-state index contributed by atoms with van der Waals surface area (Å²) >= 11 is 0. The van der Waals surface area contributed by atoms with Crippen LogP contribution < -0.4 is 10.1 Å². The Hall–Kier alpha value is -1.27. The number of alkyl halides is 3. The van der Waals surface area contributed by atoms with E-state index in [1.807, 2.05) is 0 Å². The molecular weight excluding hydrogens is 271 g/mol. The van der Waals surface area contributed by atoms with Gasteiger partial charge in [0.25, 0.3) is 0 Å². The third-order valence-electron chi connectivity index (χ3n) is 2.44. The van der Waals surface area contributed by atoms with Crippen LogP contribution in [0.2, 0.25) is 0 Å². The summed E-state index contributed by atoms with van der Waals surface area (Å²) in [5.41, 5.74) is 0.816. The zero-order chi connectivity index (χ0) is 15.0. The maximum absolute atomic E-state index is 12.0. The molecule has 1 N–H and O–H groups in total. The first-order chi connectivity index (χ1) is 9.37. The molecule has 0 aliphatic rings. The van der Waals surface area contributed by atoms with Gasteiger partial charge >= 0.3 is 6.36 Å². The number of halogens is 3. The molecule has 0 fully saturated rings. The second kappa shape index (κ2) is 8.11. The molecule has 0 spiro atoms. The smallest absolute Gasteiger partial charge is 0.406 e. The first kappa shape index (κ1) is 16.8. The van der Waals surface area contributed by atoms with Crippen molar-refractivity contribution in [1.29, 1.82) is 0 Å². The number of hydrogen-bond acceptors (Lipinski definition) is 3. The predicted molar refractivity (Wildman–Crippen MR) is 70.5 cm³/mol. The molecule has 0 radical (unpaired) electrons. The maximum Gasteiger partial charge on any atom is 0.573 e. The summed E-state index contributed by atoms with van der Waals surface area (Å²) in [4.78, 5) is 0. The Kier molecular flexibility index (Phi) is 6.81. The van der Waals surface area contributed by atoms with E-state index >= 15 is 0 Å². The number of hydrogen-bond donors (Lipinski definition) is 1. The lowest BCUT2D eigenvalue weighted by molar-refractivity contribution is -0.274. The topological polar surface area (TPSA) is 30.5 Å². The fourth-order valence-corrected chi connectivity index (χ4v) is 1.54. The molecule has 0 bridgehead atoms. The minimum Gasteiger partial charge on any atom is -0.406 e. The standard InChI is InChI=1S/C14H20F3NO2/c1-11(2)18-8-3-9-19-10-12-4-6-13(7-5-12)20-14(15,16)17/h4-7,11,18H,3,8-10H2,1-2H3. The number of benzene rings is 1. The van der Waals surface area contributed by atoms with E-state index in [0.29, 0.717) is 19.3 Å². The van der Waals surface area contributed by atoms with Crippen LogP contribution in [0, 0.1) is 0 Å². The summed E-state index contributed by atoms with van der Waals surface area (Å²) in [6.07, 6.45) is -3.76. The van der Waals surface area contributed by atoms with Gasteiger partial charge in [0, 0.05) is 12.6 Å². The second-order valence-electron chi connectivity index (χ2n) is 4.71. The average molecular weight is 291 g/mol. The Labute approximate surface area is 117 Å². The normalized spacial score (nSPS) is 11.9. The third kappa shape index (κ3) is 8.01. The molecule has 6 heteroatoms. The molecule has 1 aromatic carbocycles. The van der Waals surface area contributed by atoms with Crippen molar-refractivity contribution in [2.24, 2.45) is 0 Å². The van der Waals surface area contributed by atoms with Gasteiger partial charge in [0.1, 0.15) is 5.75 Å². The summed E-state index contributed by atoms with van der Waals surface area (Å²) in [6.45, 7) is 6.03. The molecule has 0 saturated carbocycles. The van der Waals surface area contributed by atoms with Crippen LogP contribution >= 0.6 is 0 Å². The highest BCUT2D eigenvalue weighted by molar-refractivity contribution is 5.26. The van der Waals surface area contributed by atoms with Crippen LogP contribution in [0.3, 0.4) is 0 Å². The SMILES string of the molecule is CC(C)NCCCOCc1ccc(OC(F)(F)F)cc1. The first-order valence-electron chi connectivity index (χ1n) is 6.52. The van der Waals surface area contributed by atoms with Crippen LogP contribution in [0.4, 0.5) is 13.2 Å². The molecule has 114 valence electrons. The van der Waals surface area contributed by atoms with Gasteiger partial charge in [-0.1, -0.05) is 26.0 Å². The molecule has 0 amide bonds. The van der Waals surface area contributed by atoms with Crippen molar-refractivity contribution in [2.45, 2.75) is 39.3 Å². The molecule has 0 atom stereocenters. The second-order valence-corrected chi connectivity index (χ2v) is 4.71. The van der Waals surface area contributed by atoms with Crippen LogP contribution in [0.5, 0.6) is 5.75 Å². The van der Waals surface area contributed by atoms with Crippen LogP contribution in [0.15, 0.2) is 24.3 Å². The fourth-order valence-electron chi connectivity index (χ4n) is 1.54. The van der Waals surface area contributed by atoms with Crippen LogP contribution in [0.25, 0.3) is 0 Å². The van der Waals surface area contributed by atoms with Crippen molar-refractivity contribution in [2.75, 3.05) is 13.2 Å². The minimum absolute atomic E-state index is 0.220. The highest BCUT2D eigenvalue weighted by atomic mass is 19.4. The lowest BCUT2D eigenvalue weighted by Gasteiger charge is -2.10. The van der Waals surface area contributed by atoms with E-state index < -0.39 is 6.36 Å². The van der Waals surface area contributed by atoms with E-state index in [1.54, 1.807) is 12.1 Å². The Balaban J connectivity index is 2.21. The van der Waals surface area contributed by atoms with E-state index in [1.165, 1.54) is 12.1 Å². The lowest BCUT2D eigenvalue weighted by Crippen LogP contribution is -2.24. The van der Waals surface area contributed by atoms with E-state index in [4.69, 9.17) is 4.74 Å². The third-order valence-corrected chi connectivity index (χ3v) is 2.44. The quantitative estimate of drug-likeness (QED) is 0.744. The molecule has 20 heavy (non-hydrogen) atoms. The van der Waals surface area contributed by atoms with E-state index in [9.17, 15) is 13.2 Å². The molecule has 1 aromatic rings. The van der Waals surface area contributed by atoms with Crippen molar-refractivity contribution >= 4 is 0 Å². The monoisotopic (exact) mass is 291 g/mol. The van der Waals surface area contributed by atoms with Crippen molar-refractivity contribution in [3.05, 3.63) is 29.8 Å². The Morgan fingerprint density at radius 3 is 2.35 bits per heavy atom. The number of rotatable bonds is 8. The summed E-state index contributed by atoms with van der Waals surface area (Å²) in [5.74, 6) is -0.220. The van der Waals surface area contributed by atoms with Gasteiger partial charge in [0.2, 0.25) is 0 Å². The van der Waals surface area contributed by atoms with Crippen molar-refractivity contribution < 1.29 is 22.6 Å². The molecular formula is C14H20F3NO2. The van der Waals surface area contributed by atoms with Crippen molar-refractivity contribution in [3.8, 4) is 5.75 Å². The Bertz CT molecular complexity index is 377. The molecule has 0 heterocycles. The molecule has 0 aromatic heterocycles. The Morgan fingerprint density at radius 2 is 1.80 bits per heavy atom. The largest absolute Gasteiger partial charge is 0.573 e. The number of nitrogens with one attached hydrogen (secondary N) is 1. The summed E-state index contributed by atoms with van der Waals surface area (Å²) < 4.78 is 45.1. The molecule has 0 aliphatic carbocycles. The highest BCUT2D eigenvalue weighted by Crippen LogP contribution is 2.22. The van der Waals surface area contributed by atoms with Gasteiger partial charge in [-0.05, 0) is 30.7 Å². The van der Waals surface area contributed by atoms with Gasteiger partial charge in [0.05, 0.1) is 6.61 Å². The van der Waals surface area contributed by atoms with E-state index in [-0.39, 0.29) is 5.75 Å². The van der Waals surface area contributed by atoms with Gasteiger partial charge in [-0.25, -0.2) is 0 Å². The highest BCUT2D eigenvalue weighted by Gasteiger charge is 2.30. The first-order valence-corrected chi connectivity index (χ1v) is 6.52. The average Bonchev–Trinajstić information content (AvgIpc) is 2.33. The summed E-state index contributed by atoms with van der Waals surface area (Å²) in [5, 5.41) is 3.27. The summed E-state index contributed by atoms with van der Waals surface area (Å²) in [6, 6.07) is 6.15. The van der Waals surface area contributed by atoms with E-state index in [2.05, 4.69) is 23.9 Å². The molecule has 1 rings (SSSR count). The zero-order valence-electron chi connectivity index (χ0n) is 11.7. The van der Waals surface area contributed by atoms with Gasteiger partial charge < -0.3 is 14.8 Å². The van der Waals surface area contributed by atoms with Crippen molar-refractivity contribution in [3.63, 3.8) is 0 Å². The number of ether oxygens (including phenoxy) is 2. The van der Waals surface area contributed by atoms with Gasteiger partial charge in [-0.3, -0.25) is 0 Å². The van der Waals surface area contributed by atoms with Gasteiger partial charge in [-0.2, -0.15) is 0 Å². The minimum atomic E-state index is -4.65. The summed E-state index contributed by atoms with van der Waals surface area (Å²) in [7, 11) is 0. The molecule has 0 aliphatic heterocycles. The maximum atomic E-state index is 12.0. The Morgan fingerprint density at radius 1 is 1.15 bits per heavy atom. The van der Waals surface area contributed by atoms with Gasteiger partial charge in [-0.15, -0.1) is 13.2 Å². The molecule has 3 nitrogen and oxygen atoms in total. The van der Waals surface area contributed by atoms with Crippen molar-refractivity contribution in [1.82, 2.24) is 5.32 Å². The zero-order valence-corrected chi connectivity index (χ0v) is 11.7. The molecule has 0 saturated heterocycles. The predicted octanol–water partition coefficient (Wildman–Crippen LogP) is 3.49. The molecule has 0 unspecified atom stereocenters.